The highest BCUT2D eigenvalue weighted by atomic mass is 19.4. The molecule has 1 aliphatic rings. The average molecular weight is 259 g/mol. The van der Waals surface area contributed by atoms with Crippen LogP contribution in [-0.4, -0.2) is 18.0 Å². The zero-order valence-corrected chi connectivity index (χ0v) is 9.41. The summed E-state index contributed by atoms with van der Waals surface area (Å²) in [6, 6.07) is 4.20. The van der Waals surface area contributed by atoms with Crippen LogP contribution in [0, 0.1) is 0 Å². The number of hydrogen-bond acceptors (Lipinski definition) is 3. The Bertz CT molecular complexity index is 524. The average Bonchev–Trinajstić information content (AvgIpc) is 2.71. The number of carbonyl (C=O) groups is 1. The maximum atomic E-state index is 12.4. The van der Waals surface area contributed by atoms with Crippen molar-refractivity contribution in [2.75, 3.05) is 0 Å². The first-order chi connectivity index (χ1) is 8.40. The van der Waals surface area contributed by atoms with Crippen LogP contribution in [0.2, 0.25) is 0 Å². The van der Waals surface area contributed by atoms with Crippen LogP contribution in [0.25, 0.3) is 0 Å². The van der Waals surface area contributed by atoms with Gasteiger partial charge in [-0.1, -0.05) is 6.92 Å². The topological polar surface area (TPSA) is 55.3 Å². The van der Waals surface area contributed by atoms with Crippen LogP contribution < -0.4 is 10.1 Å². The van der Waals surface area contributed by atoms with Gasteiger partial charge in [0.05, 0.1) is 0 Å². The molecule has 0 aliphatic carbocycles. The number of halogens is 3. The Labute approximate surface area is 100 Å². The van der Waals surface area contributed by atoms with Crippen LogP contribution in [0.15, 0.2) is 23.2 Å². The molecule has 96 valence electrons. The van der Waals surface area contributed by atoms with Gasteiger partial charge in [-0.25, -0.2) is 0 Å². The monoisotopic (exact) mass is 259 g/mol. The summed E-state index contributed by atoms with van der Waals surface area (Å²) in [6.07, 6.45) is -4.28. The molecule has 0 radical (unpaired) electrons. The maximum absolute atomic E-state index is 12.4. The normalized spacial score (nSPS) is 14.1. The second-order valence-corrected chi connectivity index (χ2v) is 3.69. The molecule has 7 heteroatoms. The molecular formula is C11H10F3N2O2+. The van der Waals surface area contributed by atoms with E-state index in [2.05, 4.69) is 4.99 Å². The van der Waals surface area contributed by atoms with Crippen molar-refractivity contribution in [3.63, 3.8) is 0 Å². The van der Waals surface area contributed by atoms with Crippen LogP contribution in [0.4, 0.5) is 24.5 Å². The third-order valence-electron chi connectivity index (χ3n) is 2.35. The van der Waals surface area contributed by atoms with Crippen molar-refractivity contribution in [3.8, 4) is 5.75 Å². The predicted molar refractivity (Wildman–Crippen MR) is 57.1 cm³/mol. The number of alkyl halides is 3. The van der Waals surface area contributed by atoms with Crippen molar-refractivity contribution in [2.24, 2.45) is 4.99 Å². The number of fused-ring (bicyclic) bond motifs is 1. The number of hydrogen-bond donors (Lipinski definition) is 1. The maximum Gasteiger partial charge on any atom is 0.487 e. The minimum Gasteiger partial charge on any atom is -0.426 e. The molecular weight excluding hydrogens is 249 g/mol. The van der Waals surface area contributed by atoms with E-state index in [0.29, 0.717) is 5.69 Å². The van der Waals surface area contributed by atoms with Gasteiger partial charge in [0, 0.05) is 18.6 Å². The summed E-state index contributed by atoms with van der Waals surface area (Å²) >= 11 is 0. The smallest absolute Gasteiger partial charge is 0.426 e. The Morgan fingerprint density at radius 3 is 2.78 bits per heavy atom. The summed E-state index contributed by atoms with van der Waals surface area (Å²) in [4.78, 5) is 14.5. The molecule has 2 N–H and O–H groups in total. The van der Waals surface area contributed by atoms with Gasteiger partial charge in [-0.15, -0.1) is 0 Å². The molecule has 0 saturated heterocycles. The van der Waals surface area contributed by atoms with Crippen LogP contribution in [0.3, 0.4) is 0 Å². The second-order valence-electron chi connectivity index (χ2n) is 3.69. The summed E-state index contributed by atoms with van der Waals surface area (Å²) in [6.45, 7) is 1.63. The number of rotatable bonds is 2. The quantitative estimate of drug-likeness (QED) is 0.500. The summed E-state index contributed by atoms with van der Waals surface area (Å²) in [5.74, 6) is -1.20. The molecule has 0 unspecified atom stereocenters. The molecule has 0 spiro atoms. The zero-order chi connectivity index (χ0) is 13.3. The molecule has 18 heavy (non-hydrogen) atoms. The fourth-order valence-corrected chi connectivity index (χ4v) is 1.46. The molecule has 1 aliphatic heterocycles. The van der Waals surface area contributed by atoms with Crippen molar-refractivity contribution in [1.82, 2.24) is 0 Å². The van der Waals surface area contributed by atoms with Crippen molar-refractivity contribution in [2.45, 2.75) is 19.5 Å². The molecule has 0 bridgehead atoms. The number of esters is 1. The summed E-state index contributed by atoms with van der Waals surface area (Å²) in [7, 11) is 0. The van der Waals surface area contributed by atoms with E-state index >= 15 is 0 Å². The van der Waals surface area contributed by atoms with E-state index in [1.165, 1.54) is 18.2 Å². The van der Waals surface area contributed by atoms with E-state index in [1.807, 2.05) is 0 Å². The Balaban J connectivity index is 2.24. The molecule has 0 amide bonds. The summed E-state index contributed by atoms with van der Waals surface area (Å²) in [5, 5.41) is 0.959. The van der Waals surface area contributed by atoms with Gasteiger partial charge in [0.1, 0.15) is 11.4 Å². The van der Waals surface area contributed by atoms with Crippen LogP contribution in [0.5, 0.6) is 5.75 Å². The highest BCUT2D eigenvalue weighted by Gasteiger charge is 2.44. The Morgan fingerprint density at radius 1 is 1.44 bits per heavy atom. The number of amidine groups is 1. The number of quaternary nitrogens is 1. The Morgan fingerprint density at radius 2 is 2.17 bits per heavy atom. The first kappa shape index (κ1) is 12.6. The highest BCUT2D eigenvalue weighted by molar-refractivity contribution is 5.89. The lowest BCUT2D eigenvalue weighted by molar-refractivity contribution is -0.457. The minimum absolute atomic E-state index is 0.156. The molecule has 0 fully saturated rings. The van der Waals surface area contributed by atoms with Crippen LogP contribution in [-0.2, 0) is 4.79 Å². The van der Waals surface area contributed by atoms with Crippen LogP contribution in [0.1, 0.15) is 13.3 Å². The Hall–Kier alpha value is -1.89. The first-order valence-electron chi connectivity index (χ1n) is 5.25. The largest absolute Gasteiger partial charge is 0.487 e. The molecule has 1 aromatic rings. The van der Waals surface area contributed by atoms with Gasteiger partial charge in [0.15, 0.2) is 5.69 Å². The third-order valence-corrected chi connectivity index (χ3v) is 2.35. The number of nitrogens with two attached hydrogens (primary N) is 1. The first-order valence-corrected chi connectivity index (χ1v) is 5.25. The number of nitrogens with zero attached hydrogens (tertiary/aromatic N) is 1. The predicted octanol–water partition coefficient (Wildman–Crippen LogP) is 1.80. The molecule has 4 nitrogen and oxygen atoms in total. The zero-order valence-electron chi connectivity index (χ0n) is 9.41. The van der Waals surface area contributed by atoms with E-state index < -0.39 is 18.0 Å². The Kier molecular flexibility index (Phi) is 3.08. The molecule has 0 aromatic heterocycles. The number of aliphatic imine (C=N–C) groups is 1. The highest BCUT2D eigenvalue weighted by Crippen LogP contribution is 2.31. The van der Waals surface area contributed by atoms with Gasteiger partial charge in [0.2, 0.25) is 0 Å². The lowest BCUT2D eigenvalue weighted by Gasteiger charge is -2.02. The van der Waals surface area contributed by atoms with Gasteiger partial charge in [-0.2, -0.15) is 18.2 Å². The van der Waals surface area contributed by atoms with Crippen LogP contribution >= 0.6 is 0 Å². The standard InChI is InChI=1S/C11H9F3N2O2/c1-2-9(17)18-6-3-4-7-8(5-6)16-10(15-7)11(12,13)14/h3-5H,2H2,1H3,(H,15,16)/p+1. The SMILES string of the molecule is CCC(=O)Oc1ccc2c(c1)N=C(C(F)(F)F)[NH2+]2. The van der Waals surface area contributed by atoms with E-state index in [-0.39, 0.29) is 17.9 Å². The lowest BCUT2D eigenvalue weighted by Crippen LogP contribution is -2.84. The van der Waals surface area contributed by atoms with E-state index in [4.69, 9.17) is 4.74 Å². The van der Waals surface area contributed by atoms with Gasteiger partial charge >= 0.3 is 18.0 Å². The molecule has 1 aromatic carbocycles. The minimum atomic E-state index is -4.47. The van der Waals surface area contributed by atoms with Crippen molar-refractivity contribution in [3.05, 3.63) is 18.2 Å². The lowest BCUT2D eigenvalue weighted by atomic mass is 10.2. The summed E-state index contributed by atoms with van der Waals surface area (Å²) < 4.78 is 42.2. The fraction of sp³-hybridized carbons (Fsp3) is 0.273. The summed E-state index contributed by atoms with van der Waals surface area (Å²) in [5.41, 5.74) is 0.516. The number of benzene rings is 1. The number of carbonyl (C=O) groups excluding carboxylic acids is 1. The van der Waals surface area contributed by atoms with E-state index in [9.17, 15) is 18.0 Å². The van der Waals surface area contributed by atoms with E-state index in [0.717, 1.165) is 5.32 Å². The van der Waals surface area contributed by atoms with Crippen molar-refractivity contribution < 1.29 is 28.0 Å². The number of ether oxygens (including phenoxy) is 1. The third kappa shape index (κ3) is 2.51. The molecule has 0 atom stereocenters. The fourth-order valence-electron chi connectivity index (χ4n) is 1.46. The molecule has 1 heterocycles. The molecule has 0 saturated carbocycles. The van der Waals surface area contributed by atoms with Gasteiger partial charge in [-0.3, -0.25) is 10.1 Å². The molecule has 2 rings (SSSR count). The van der Waals surface area contributed by atoms with Gasteiger partial charge in [0.25, 0.3) is 0 Å². The second kappa shape index (κ2) is 4.41. The van der Waals surface area contributed by atoms with Crippen molar-refractivity contribution in [1.29, 1.82) is 0 Å². The van der Waals surface area contributed by atoms with Crippen molar-refractivity contribution >= 4 is 23.2 Å². The van der Waals surface area contributed by atoms with E-state index in [1.54, 1.807) is 6.92 Å². The van der Waals surface area contributed by atoms with Gasteiger partial charge < -0.3 is 4.74 Å². The van der Waals surface area contributed by atoms with Gasteiger partial charge in [-0.05, 0) is 6.07 Å².